The Morgan fingerprint density at radius 1 is 1.69 bits per heavy atom. The number of carbonyl (C=O) groups excluding carboxylic acids is 1. The van der Waals surface area contributed by atoms with E-state index in [2.05, 4.69) is 19.8 Å². The molecule has 2 atom stereocenters. The summed E-state index contributed by atoms with van der Waals surface area (Å²) in [5.41, 5.74) is 10.9. The molecule has 0 saturated heterocycles. The van der Waals surface area contributed by atoms with E-state index in [1.54, 1.807) is 0 Å². The van der Waals surface area contributed by atoms with Gasteiger partial charge in [0.15, 0.2) is 6.04 Å². The molecular formula is C10H15N3O2P+. The molecule has 1 heterocycles. The van der Waals surface area contributed by atoms with E-state index in [0.717, 1.165) is 0 Å². The summed E-state index contributed by atoms with van der Waals surface area (Å²) in [5, 5.41) is 10.1. The second-order valence-electron chi connectivity index (χ2n) is 3.72. The number of rotatable bonds is 1. The van der Waals surface area contributed by atoms with Gasteiger partial charge in [0.25, 0.3) is 18.0 Å². The van der Waals surface area contributed by atoms with Crippen LogP contribution in [0, 0.1) is 6.07 Å². The van der Waals surface area contributed by atoms with Gasteiger partial charge in [0, 0.05) is 25.1 Å². The van der Waals surface area contributed by atoms with Crippen molar-refractivity contribution in [2.45, 2.75) is 31.8 Å². The third-order valence-electron chi connectivity index (χ3n) is 2.35. The van der Waals surface area contributed by atoms with Crippen molar-refractivity contribution in [3.8, 4) is 6.07 Å². The van der Waals surface area contributed by atoms with E-state index >= 15 is 0 Å². The summed E-state index contributed by atoms with van der Waals surface area (Å²) >= 11 is 0. The summed E-state index contributed by atoms with van der Waals surface area (Å²) in [6, 6.07) is 2.00. The maximum Gasteiger partial charge on any atom is 0.297 e. The van der Waals surface area contributed by atoms with Gasteiger partial charge in [0.2, 0.25) is 0 Å². The zero-order chi connectivity index (χ0) is 12.3. The summed E-state index contributed by atoms with van der Waals surface area (Å²) in [6.07, 6.45) is 0.952. The van der Waals surface area contributed by atoms with Crippen molar-refractivity contribution < 1.29 is 9.90 Å². The molecule has 6 heteroatoms. The Balaban J connectivity index is 3.18. The van der Waals surface area contributed by atoms with Gasteiger partial charge in [-0.3, -0.25) is 4.79 Å². The van der Waals surface area contributed by atoms with Crippen molar-refractivity contribution in [3.05, 3.63) is 16.2 Å². The van der Waals surface area contributed by atoms with E-state index in [-0.39, 0.29) is 17.4 Å². The first kappa shape index (κ1) is 12.7. The quantitative estimate of drug-likeness (QED) is 0.580. The van der Waals surface area contributed by atoms with Crippen molar-refractivity contribution in [3.63, 3.8) is 0 Å². The largest absolute Gasteiger partial charge is 0.511 e. The Hall–Kier alpha value is -1.37. The topological polar surface area (TPSA) is 93.7 Å². The number of hydrogen-bond donors (Lipinski definition) is 3. The normalized spacial score (nSPS) is 26.2. The first-order chi connectivity index (χ1) is 7.43. The molecule has 0 saturated carbocycles. The highest BCUT2D eigenvalue weighted by molar-refractivity contribution is 7.23. The third kappa shape index (κ3) is 2.82. The van der Waals surface area contributed by atoms with Crippen LogP contribution in [0.3, 0.4) is 0 Å². The van der Waals surface area contributed by atoms with Gasteiger partial charge in [-0.2, -0.15) is 0 Å². The molecule has 0 spiro atoms. The molecule has 1 aliphatic heterocycles. The molecular weight excluding hydrogens is 225 g/mol. The Labute approximate surface area is 96.2 Å². The number of amides is 1. The number of hydrogen-bond acceptors (Lipinski definition) is 3. The molecule has 1 aliphatic rings. The molecule has 5 N–H and O–H groups in total. The van der Waals surface area contributed by atoms with Crippen molar-refractivity contribution in [1.82, 2.24) is 0 Å². The number of aliphatic hydroxyl groups is 1. The SMILES string of the molecule is C[C@H]1CCC(O)=C(C(N)=O)C(=P)C(N)C#[N+]1. The number of carbonyl (C=O) groups is 1. The van der Waals surface area contributed by atoms with Gasteiger partial charge >= 0.3 is 0 Å². The van der Waals surface area contributed by atoms with E-state index in [9.17, 15) is 9.90 Å². The minimum atomic E-state index is -0.714. The summed E-state index contributed by atoms with van der Waals surface area (Å²) < 4.78 is 0. The van der Waals surface area contributed by atoms with Gasteiger partial charge in [0.1, 0.15) is 5.76 Å². The summed E-state index contributed by atoms with van der Waals surface area (Å²) in [6.45, 7) is 1.88. The van der Waals surface area contributed by atoms with Crippen LogP contribution in [0.1, 0.15) is 19.8 Å². The standard InChI is InChI=1S/C10H14N3O2P/c1-5-2-3-7(14)8(10(12)15)9(16)6(11)4-13-5/h5-6,16H,2-3,11H2,1H3,(H2-,12,14,15)/p+1/t5-,6?/m0/s1. The monoisotopic (exact) mass is 240 g/mol. The molecule has 0 aromatic heterocycles. The summed E-state index contributed by atoms with van der Waals surface area (Å²) in [5.74, 6) is -0.770. The van der Waals surface area contributed by atoms with Crippen LogP contribution in [-0.4, -0.2) is 28.4 Å². The van der Waals surface area contributed by atoms with Crippen LogP contribution in [0.4, 0.5) is 0 Å². The molecule has 0 aromatic carbocycles. The Kier molecular flexibility index (Phi) is 4.05. The van der Waals surface area contributed by atoms with E-state index in [1.165, 1.54) is 0 Å². The van der Waals surface area contributed by atoms with Crippen molar-refractivity contribution >= 4 is 20.1 Å². The van der Waals surface area contributed by atoms with E-state index < -0.39 is 11.9 Å². The third-order valence-corrected chi connectivity index (χ3v) is 2.91. The van der Waals surface area contributed by atoms with E-state index in [4.69, 9.17) is 11.5 Å². The van der Waals surface area contributed by atoms with Gasteiger partial charge in [-0.1, -0.05) is 4.85 Å². The minimum Gasteiger partial charge on any atom is -0.511 e. The number of nitrogens with two attached hydrogens (primary N) is 2. The van der Waals surface area contributed by atoms with E-state index in [1.807, 2.05) is 6.92 Å². The van der Waals surface area contributed by atoms with Gasteiger partial charge < -0.3 is 16.6 Å². The maximum absolute atomic E-state index is 11.2. The lowest BCUT2D eigenvalue weighted by atomic mass is 10.0. The van der Waals surface area contributed by atoms with Crippen molar-refractivity contribution in [2.24, 2.45) is 11.5 Å². The zero-order valence-electron chi connectivity index (χ0n) is 9.03. The van der Waals surface area contributed by atoms with Gasteiger partial charge in [-0.25, -0.2) is 0 Å². The molecule has 1 unspecified atom stereocenters. The molecule has 86 valence electrons. The number of nitrogens with zero attached hydrogens (tertiary/aromatic N) is 1. The summed E-state index contributed by atoms with van der Waals surface area (Å²) in [4.78, 5) is 15.3. The number of primary amides is 1. The van der Waals surface area contributed by atoms with Crippen LogP contribution in [-0.2, 0) is 4.79 Å². The van der Waals surface area contributed by atoms with Gasteiger partial charge in [-0.15, -0.1) is 8.86 Å². The number of allylic oxidation sites excluding steroid dienone is 1. The maximum atomic E-state index is 11.2. The lowest BCUT2D eigenvalue weighted by molar-refractivity contribution is -0.114. The average Bonchev–Trinajstić information content (AvgIpc) is 2.25. The highest BCUT2D eigenvalue weighted by atomic mass is 31.0. The van der Waals surface area contributed by atoms with Crippen LogP contribution in [0.15, 0.2) is 11.3 Å². The van der Waals surface area contributed by atoms with Crippen LogP contribution in [0.5, 0.6) is 0 Å². The van der Waals surface area contributed by atoms with Crippen LogP contribution < -0.4 is 11.5 Å². The van der Waals surface area contributed by atoms with Crippen molar-refractivity contribution in [1.29, 1.82) is 0 Å². The van der Waals surface area contributed by atoms with Gasteiger partial charge in [0.05, 0.1) is 5.57 Å². The Morgan fingerprint density at radius 3 is 2.88 bits per heavy atom. The fourth-order valence-corrected chi connectivity index (χ4v) is 1.73. The molecule has 5 nitrogen and oxygen atoms in total. The second kappa shape index (κ2) is 5.11. The lowest BCUT2D eigenvalue weighted by Crippen LogP contribution is -2.34. The van der Waals surface area contributed by atoms with Crippen LogP contribution in [0.2, 0.25) is 0 Å². The van der Waals surface area contributed by atoms with Crippen LogP contribution in [0.25, 0.3) is 4.85 Å². The van der Waals surface area contributed by atoms with Crippen LogP contribution >= 0.6 is 8.86 Å². The fourth-order valence-electron chi connectivity index (χ4n) is 1.39. The molecule has 0 fully saturated rings. The Morgan fingerprint density at radius 2 is 2.31 bits per heavy atom. The zero-order valence-corrected chi connectivity index (χ0v) is 10.0. The van der Waals surface area contributed by atoms with Gasteiger partial charge in [-0.05, 0) is 0 Å². The predicted molar refractivity (Wildman–Crippen MR) is 66.1 cm³/mol. The minimum absolute atomic E-state index is 0.0000989. The molecule has 0 bridgehead atoms. The first-order valence-electron chi connectivity index (χ1n) is 4.95. The molecule has 0 aromatic rings. The molecule has 0 radical (unpaired) electrons. The highest BCUT2D eigenvalue weighted by Crippen LogP contribution is 2.16. The molecule has 1 rings (SSSR count). The molecule has 0 aliphatic carbocycles. The van der Waals surface area contributed by atoms with E-state index in [0.29, 0.717) is 18.1 Å². The summed E-state index contributed by atoms with van der Waals surface area (Å²) in [7, 11) is 3.21. The molecule has 16 heavy (non-hydrogen) atoms. The number of aliphatic hydroxyl groups excluding tert-OH is 1. The second-order valence-corrected chi connectivity index (χ2v) is 4.26. The van der Waals surface area contributed by atoms with Crippen molar-refractivity contribution in [2.75, 3.05) is 0 Å². The Bertz CT molecular complexity index is 420. The first-order valence-corrected chi connectivity index (χ1v) is 5.45. The highest BCUT2D eigenvalue weighted by Gasteiger charge is 2.26. The average molecular weight is 240 g/mol. The molecule has 1 amide bonds. The fraction of sp³-hybridized carbons (Fsp3) is 0.500. The smallest absolute Gasteiger partial charge is 0.297 e. The predicted octanol–water partition coefficient (Wildman–Crippen LogP) is 0.442. The lowest BCUT2D eigenvalue weighted by Gasteiger charge is -2.09.